The van der Waals surface area contributed by atoms with E-state index in [9.17, 15) is 4.79 Å². The second-order valence-corrected chi connectivity index (χ2v) is 6.72. The van der Waals surface area contributed by atoms with Gasteiger partial charge in [0.2, 0.25) is 5.91 Å². The number of nitrogens with zero attached hydrogens (tertiary/aromatic N) is 3. The minimum atomic E-state index is 0.306. The molecule has 3 rings (SSSR count). The predicted octanol–water partition coefficient (Wildman–Crippen LogP) is 3.71. The standard InChI is InChI=1S/C20H27N3O/c1-2-17-15-23(13-10-19(17)18-7-4-3-5-8-18)20(24)9-6-12-22-14-11-21-16-22/h3-5,7-8,11,14,16-17,19H,2,6,9-10,12-13,15H2,1H3/t17-,19-/m1/s1. The van der Waals surface area contributed by atoms with Crippen LogP contribution < -0.4 is 0 Å². The monoisotopic (exact) mass is 325 g/mol. The third-order valence-electron chi connectivity index (χ3n) is 5.20. The van der Waals surface area contributed by atoms with E-state index in [2.05, 4.69) is 47.1 Å². The molecule has 0 unspecified atom stereocenters. The number of aryl methyl sites for hydroxylation is 1. The van der Waals surface area contributed by atoms with Gasteiger partial charge in [-0.05, 0) is 30.2 Å². The van der Waals surface area contributed by atoms with Gasteiger partial charge in [-0.1, -0.05) is 43.7 Å². The number of benzene rings is 1. The highest BCUT2D eigenvalue weighted by Crippen LogP contribution is 2.35. The number of piperidine rings is 1. The Kier molecular flexibility index (Phi) is 5.68. The largest absolute Gasteiger partial charge is 0.342 e. The molecule has 1 aliphatic heterocycles. The maximum absolute atomic E-state index is 12.5. The van der Waals surface area contributed by atoms with E-state index in [0.29, 0.717) is 24.2 Å². The van der Waals surface area contributed by atoms with Crippen molar-refractivity contribution < 1.29 is 4.79 Å². The highest BCUT2D eigenvalue weighted by molar-refractivity contribution is 5.76. The zero-order chi connectivity index (χ0) is 16.8. The van der Waals surface area contributed by atoms with Gasteiger partial charge in [0.15, 0.2) is 0 Å². The van der Waals surface area contributed by atoms with Gasteiger partial charge in [-0.25, -0.2) is 4.98 Å². The second-order valence-electron chi connectivity index (χ2n) is 6.72. The van der Waals surface area contributed by atoms with Gasteiger partial charge in [-0.15, -0.1) is 0 Å². The molecule has 0 saturated carbocycles. The first kappa shape index (κ1) is 16.7. The Morgan fingerprint density at radius 1 is 1.29 bits per heavy atom. The summed E-state index contributed by atoms with van der Waals surface area (Å²) in [5, 5.41) is 0. The van der Waals surface area contributed by atoms with Crippen molar-refractivity contribution in [2.75, 3.05) is 13.1 Å². The first-order valence-electron chi connectivity index (χ1n) is 9.06. The quantitative estimate of drug-likeness (QED) is 0.812. The number of amides is 1. The summed E-state index contributed by atoms with van der Waals surface area (Å²) < 4.78 is 2.03. The molecule has 24 heavy (non-hydrogen) atoms. The van der Waals surface area contributed by atoms with E-state index in [1.165, 1.54) is 5.56 Å². The van der Waals surface area contributed by atoms with Crippen LogP contribution in [0.3, 0.4) is 0 Å². The van der Waals surface area contributed by atoms with E-state index < -0.39 is 0 Å². The van der Waals surface area contributed by atoms with Crippen molar-refractivity contribution in [3.8, 4) is 0 Å². The number of aromatic nitrogens is 2. The zero-order valence-corrected chi connectivity index (χ0v) is 14.5. The summed E-state index contributed by atoms with van der Waals surface area (Å²) in [6.45, 7) is 4.90. The number of imidazole rings is 1. The molecule has 1 aromatic heterocycles. The van der Waals surface area contributed by atoms with Gasteiger partial charge in [-0.3, -0.25) is 4.79 Å². The van der Waals surface area contributed by atoms with Crippen LogP contribution in [0.4, 0.5) is 0 Å². The third kappa shape index (κ3) is 4.05. The zero-order valence-electron chi connectivity index (χ0n) is 14.5. The molecule has 0 spiro atoms. The Balaban J connectivity index is 1.52. The van der Waals surface area contributed by atoms with Gasteiger partial charge in [-0.2, -0.15) is 0 Å². The molecule has 1 fully saturated rings. The van der Waals surface area contributed by atoms with Gasteiger partial charge in [0.25, 0.3) is 0 Å². The smallest absolute Gasteiger partial charge is 0.222 e. The molecule has 0 N–H and O–H groups in total. The maximum Gasteiger partial charge on any atom is 0.222 e. The van der Waals surface area contributed by atoms with Crippen LogP contribution in [0.15, 0.2) is 49.1 Å². The number of hydrogen-bond acceptors (Lipinski definition) is 2. The van der Waals surface area contributed by atoms with Crippen LogP contribution >= 0.6 is 0 Å². The molecule has 2 heterocycles. The Labute approximate surface area is 144 Å². The van der Waals surface area contributed by atoms with E-state index in [1.807, 2.05) is 17.1 Å². The Morgan fingerprint density at radius 3 is 2.83 bits per heavy atom. The number of carbonyl (C=O) groups excluding carboxylic acids is 1. The first-order chi connectivity index (χ1) is 11.8. The number of likely N-dealkylation sites (tertiary alicyclic amines) is 1. The fourth-order valence-electron chi connectivity index (χ4n) is 3.80. The summed E-state index contributed by atoms with van der Waals surface area (Å²) in [5.74, 6) is 1.46. The van der Waals surface area contributed by atoms with Crippen molar-refractivity contribution in [1.29, 1.82) is 0 Å². The average molecular weight is 325 g/mol. The van der Waals surface area contributed by atoms with Crippen LogP contribution in [0.1, 0.15) is 44.1 Å². The third-order valence-corrected chi connectivity index (χ3v) is 5.20. The Hall–Kier alpha value is -2.10. The molecule has 4 heteroatoms. The lowest BCUT2D eigenvalue weighted by Crippen LogP contribution is -2.42. The van der Waals surface area contributed by atoms with Gasteiger partial charge < -0.3 is 9.47 Å². The van der Waals surface area contributed by atoms with Gasteiger partial charge in [0.1, 0.15) is 0 Å². The molecule has 2 atom stereocenters. The summed E-state index contributed by atoms with van der Waals surface area (Å²) in [7, 11) is 0. The highest BCUT2D eigenvalue weighted by atomic mass is 16.2. The van der Waals surface area contributed by atoms with Crippen LogP contribution in [0.5, 0.6) is 0 Å². The van der Waals surface area contributed by atoms with Crippen LogP contribution in [-0.4, -0.2) is 33.4 Å². The molecule has 1 aliphatic rings. The topological polar surface area (TPSA) is 38.1 Å². The Bertz CT molecular complexity index is 624. The van der Waals surface area contributed by atoms with Gasteiger partial charge in [0.05, 0.1) is 6.33 Å². The summed E-state index contributed by atoms with van der Waals surface area (Å²) in [6, 6.07) is 10.8. The minimum Gasteiger partial charge on any atom is -0.342 e. The van der Waals surface area contributed by atoms with E-state index in [-0.39, 0.29) is 0 Å². The van der Waals surface area contributed by atoms with Crippen molar-refractivity contribution in [2.24, 2.45) is 5.92 Å². The molecule has 0 bridgehead atoms. The molecule has 0 aliphatic carbocycles. The summed E-state index contributed by atoms with van der Waals surface area (Å²) in [4.78, 5) is 18.7. The van der Waals surface area contributed by atoms with Crippen molar-refractivity contribution in [3.05, 3.63) is 54.6 Å². The van der Waals surface area contributed by atoms with Gasteiger partial charge in [0, 0.05) is 38.4 Å². The minimum absolute atomic E-state index is 0.306. The second kappa shape index (κ2) is 8.13. The van der Waals surface area contributed by atoms with Crippen molar-refractivity contribution in [1.82, 2.24) is 14.5 Å². The lowest BCUT2D eigenvalue weighted by Gasteiger charge is -2.38. The van der Waals surface area contributed by atoms with Crippen LogP contribution in [-0.2, 0) is 11.3 Å². The normalized spacial score (nSPS) is 21.0. The molecule has 2 aromatic rings. The molecule has 4 nitrogen and oxygen atoms in total. The van der Waals surface area contributed by atoms with Gasteiger partial charge >= 0.3 is 0 Å². The average Bonchev–Trinajstić information content (AvgIpc) is 3.15. The maximum atomic E-state index is 12.5. The van der Waals surface area contributed by atoms with Crippen LogP contribution in [0.25, 0.3) is 0 Å². The molecular weight excluding hydrogens is 298 g/mol. The molecule has 1 aromatic carbocycles. The van der Waals surface area contributed by atoms with Crippen molar-refractivity contribution >= 4 is 5.91 Å². The molecule has 128 valence electrons. The predicted molar refractivity (Wildman–Crippen MR) is 95.6 cm³/mol. The number of rotatable bonds is 6. The molecule has 1 saturated heterocycles. The van der Waals surface area contributed by atoms with E-state index in [1.54, 1.807) is 6.20 Å². The summed E-state index contributed by atoms with van der Waals surface area (Å²) in [6.07, 6.45) is 9.25. The summed E-state index contributed by atoms with van der Waals surface area (Å²) in [5.41, 5.74) is 1.43. The molecular formula is C20H27N3O. The fourth-order valence-corrected chi connectivity index (χ4v) is 3.80. The molecule has 1 amide bonds. The molecule has 0 radical (unpaired) electrons. The highest BCUT2D eigenvalue weighted by Gasteiger charge is 2.30. The van der Waals surface area contributed by atoms with Crippen molar-refractivity contribution in [2.45, 2.75) is 45.1 Å². The van der Waals surface area contributed by atoms with Crippen molar-refractivity contribution in [3.63, 3.8) is 0 Å². The van der Waals surface area contributed by atoms with Crippen LogP contribution in [0, 0.1) is 5.92 Å². The number of carbonyl (C=O) groups is 1. The summed E-state index contributed by atoms with van der Waals surface area (Å²) >= 11 is 0. The SMILES string of the molecule is CC[C@@H]1CN(C(=O)CCCn2ccnc2)CC[C@H]1c1ccccc1. The first-order valence-corrected chi connectivity index (χ1v) is 9.06. The Morgan fingerprint density at radius 2 is 2.12 bits per heavy atom. The van der Waals surface area contributed by atoms with E-state index >= 15 is 0 Å². The fraction of sp³-hybridized carbons (Fsp3) is 0.500. The van der Waals surface area contributed by atoms with E-state index in [4.69, 9.17) is 0 Å². The number of hydrogen-bond donors (Lipinski definition) is 0. The lowest BCUT2D eigenvalue weighted by molar-refractivity contribution is -0.133. The lowest BCUT2D eigenvalue weighted by atomic mass is 9.79. The van der Waals surface area contributed by atoms with Crippen LogP contribution in [0.2, 0.25) is 0 Å². The van der Waals surface area contributed by atoms with E-state index in [0.717, 1.165) is 38.9 Å².